The Morgan fingerprint density at radius 3 is 2.04 bits per heavy atom. The highest BCUT2D eigenvalue weighted by Crippen LogP contribution is 2.19. The predicted octanol–water partition coefficient (Wildman–Crippen LogP) is 11.2. The maximum Gasteiger partial charge on any atom is 0.306 e. The van der Waals surface area contributed by atoms with Crippen LogP contribution in [0.15, 0.2) is 40.6 Å². The molecule has 0 fully saturated rings. The quantitative estimate of drug-likeness (QED) is 0.0311. The van der Waals surface area contributed by atoms with E-state index in [0.717, 1.165) is 141 Å². The van der Waals surface area contributed by atoms with Gasteiger partial charge < -0.3 is 24.2 Å². The standard InChI is InChI=1S/C44H78N2O6/c1-37(2)24-14-9-10-17-29-42(47)50-34-21-13-11-16-28-41(52-43(48)30-22-32-46-33-23-31-45-40(46)6)27-15-8-7-12-20-35-51-44(49)36-39(5)26-19-18-25-38(3)4/h23-25,33,39,41,44,49H,7-22,26-32,34-36H2,1-6H3. The zero-order chi connectivity index (χ0) is 38.2. The molecular weight excluding hydrogens is 652 g/mol. The first-order valence-corrected chi connectivity index (χ1v) is 20.9. The Morgan fingerprint density at radius 1 is 0.769 bits per heavy atom. The fourth-order valence-electron chi connectivity index (χ4n) is 6.37. The summed E-state index contributed by atoms with van der Waals surface area (Å²) < 4.78 is 17.2. The van der Waals surface area contributed by atoms with Crippen molar-refractivity contribution in [1.29, 1.82) is 0 Å². The van der Waals surface area contributed by atoms with Gasteiger partial charge in [-0.1, -0.05) is 75.2 Å². The van der Waals surface area contributed by atoms with Crippen LogP contribution >= 0.6 is 0 Å². The van der Waals surface area contributed by atoms with Crippen LogP contribution in [0.2, 0.25) is 0 Å². The van der Waals surface area contributed by atoms with E-state index in [1.807, 2.05) is 13.0 Å². The SMILES string of the molecule is CC(C)=CCCCCCC(=O)OCCCCCCC(CCCCCCCOC(O)CC(C)CCCC=C(C)C)OC(=O)CCCN1C=CCN=C1C. The average molecular weight is 731 g/mol. The van der Waals surface area contributed by atoms with Gasteiger partial charge in [-0.05, 0) is 124 Å². The van der Waals surface area contributed by atoms with Crippen molar-refractivity contribution in [2.75, 3.05) is 26.3 Å². The number of hydrogen-bond acceptors (Lipinski definition) is 8. The van der Waals surface area contributed by atoms with Gasteiger partial charge in [-0.3, -0.25) is 14.6 Å². The molecule has 52 heavy (non-hydrogen) atoms. The zero-order valence-electron chi connectivity index (χ0n) is 34.3. The molecule has 0 aromatic carbocycles. The smallest absolute Gasteiger partial charge is 0.306 e. The Hall–Kier alpha value is -2.45. The molecule has 0 spiro atoms. The Labute approximate surface area is 318 Å². The molecule has 0 aliphatic carbocycles. The number of hydrogen-bond donors (Lipinski definition) is 1. The summed E-state index contributed by atoms with van der Waals surface area (Å²) >= 11 is 0. The molecule has 3 atom stereocenters. The van der Waals surface area contributed by atoms with Gasteiger partial charge >= 0.3 is 11.9 Å². The molecule has 1 heterocycles. The third-order valence-corrected chi connectivity index (χ3v) is 9.56. The van der Waals surface area contributed by atoms with Gasteiger partial charge in [-0.25, -0.2) is 0 Å². The summed E-state index contributed by atoms with van der Waals surface area (Å²) in [6.07, 6.45) is 28.7. The van der Waals surface area contributed by atoms with Crippen molar-refractivity contribution in [3.05, 3.63) is 35.6 Å². The van der Waals surface area contributed by atoms with E-state index < -0.39 is 6.29 Å². The second-order valence-electron chi connectivity index (χ2n) is 15.4. The lowest BCUT2D eigenvalue weighted by molar-refractivity contribution is -0.150. The number of carbonyl (C=O) groups is 2. The number of esters is 2. The third-order valence-electron chi connectivity index (χ3n) is 9.56. The highest BCUT2D eigenvalue weighted by Gasteiger charge is 2.16. The summed E-state index contributed by atoms with van der Waals surface area (Å²) in [7, 11) is 0. The highest BCUT2D eigenvalue weighted by molar-refractivity contribution is 5.81. The van der Waals surface area contributed by atoms with Crippen LogP contribution in [0.4, 0.5) is 0 Å². The van der Waals surface area contributed by atoms with Crippen LogP contribution in [0.25, 0.3) is 0 Å². The van der Waals surface area contributed by atoms with E-state index in [9.17, 15) is 14.7 Å². The van der Waals surface area contributed by atoms with Crippen LogP contribution in [-0.2, 0) is 23.8 Å². The number of aliphatic hydroxyl groups is 1. The van der Waals surface area contributed by atoms with Crippen LogP contribution in [0, 0.1) is 5.92 Å². The minimum Gasteiger partial charge on any atom is -0.466 e. The number of amidine groups is 1. The van der Waals surface area contributed by atoms with E-state index in [0.29, 0.717) is 38.4 Å². The number of ether oxygens (including phenoxy) is 3. The summed E-state index contributed by atoms with van der Waals surface area (Å²) in [5.41, 5.74) is 2.71. The molecule has 1 aliphatic heterocycles. The summed E-state index contributed by atoms with van der Waals surface area (Å²) in [6, 6.07) is 0. The van der Waals surface area contributed by atoms with E-state index in [1.165, 1.54) is 11.1 Å². The van der Waals surface area contributed by atoms with Gasteiger partial charge in [-0.15, -0.1) is 0 Å². The van der Waals surface area contributed by atoms with Gasteiger partial charge in [0, 0.05) is 38.6 Å². The van der Waals surface area contributed by atoms with Crippen LogP contribution in [0.5, 0.6) is 0 Å². The Bertz CT molecular complexity index is 1040. The second-order valence-corrected chi connectivity index (χ2v) is 15.4. The molecule has 0 amide bonds. The Kier molecular flexibility index (Phi) is 29.3. The summed E-state index contributed by atoms with van der Waals surface area (Å²) in [6.45, 7) is 15.3. The van der Waals surface area contributed by atoms with Crippen molar-refractivity contribution < 1.29 is 28.9 Å². The third kappa shape index (κ3) is 29.1. The zero-order valence-corrected chi connectivity index (χ0v) is 34.3. The van der Waals surface area contributed by atoms with Crippen molar-refractivity contribution >= 4 is 17.8 Å². The summed E-state index contributed by atoms with van der Waals surface area (Å²) in [5.74, 6) is 1.26. The van der Waals surface area contributed by atoms with Gasteiger partial charge in [0.2, 0.25) is 0 Å². The maximum absolute atomic E-state index is 12.8. The van der Waals surface area contributed by atoms with E-state index in [4.69, 9.17) is 14.2 Å². The lowest BCUT2D eigenvalue weighted by Gasteiger charge is -2.22. The lowest BCUT2D eigenvalue weighted by Crippen LogP contribution is -2.27. The van der Waals surface area contributed by atoms with E-state index >= 15 is 0 Å². The summed E-state index contributed by atoms with van der Waals surface area (Å²) in [5, 5.41) is 10.3. The molecule has 0 bridgehead atoms. The fourth-order valence-corrected chi connectivity index (χ4v) is 6.37. The maximum atomic E-state index is 12.8. The van der Waals surface area contributed by atoms with E-state index in [2.05, 4.69) is 62.9 Å². The number of rotatable bonds is 33. The van der Waals surface area contributed by atoms with Gasteiger partial charge in [0.05, 0.1) is 13.2 Å². The molecule has 0 radical (unpaired) electrons. The molecule has 1 N–H and O–H groups in total. The highest BCUT2D eigenvalue weighted by atomic mass is 16.6. The molecule has 300 valence electrons. The van der Waals surface area contributed by atoms with Gasteiger partial charge in [-0.2, -0.15) is 0 Å². The fraction of sp³-hybridized carbons (Fsp3) is 0.795. The molecule has 1 rings (SSSR count). The molecule has 8 heteroatoms. The number of allylic oxidation sites excluding steroid dienone is 4. The first-order valence-electron chi connectivity index (χ1n) is 20.9. The number of carbonyl (C=O) groups excluding carboxylic acids is 2. The van der Waals surface area contributed by atoms with E-state index in [1.54, 1.807) is 0 Å². The molecule has 0 saturated heterocycles. The topological polar surface area (TPSA) is 97.7 Å². The van der Waals surface area contributed by atoms with Crippen LogP contribution in [0.1, 0.15) is 183 Å². The van der Waals surface area contributed by atoms with Crippen LogP contribution in [0.3, 0.4) is 0 Å². The number of aliphatic imine (C=N–C) groups is 1. The van der Waals surface area contributed by atoms with E-state index in [-0.39, 0.29) is 18.0 Å². The second kappa shape index (κ2) is 32.0. The predicted molar refractivity (Wildman–Crippen MR) is 216 cm³/mol. The van der Waals surface area contributed by atoms with Gasteiger partial charge in [0.25, 0.3) is 0 Å². The first-order chi connectivity index (χ1) is 25.1. The number of nitrogens with zero attached hydrogens (tertiary/aromatic N) is 2. The first kappa shape index (κ1) is 47.6. The van der Waals surface area contributed by atoms with Crippen LogP contribution in [-0.4, -0.2) is 66.5 Å². The molecule has 1 aliphatic rings. The molecule has 0 saturated carbocycles. The molecular formula is C44H78N2O6. The number of aliphatic hydroxyl groups excluding tert-OH is 1. The Morgan fingerprint density at radius 2 is 1.37 bits per heavy atom. The van der Waals surface area contributed by atoms with Gasteiger partial charge in [0.15, 0.2) is 6.29 Å². The van der Waals surface area contributed by atoms with Crippen molar-refractivity contribution in [2.24, 2.45) is 10.9 Å². The van der Waals surface area contributed by atoms with Crippen molar-refractivity contribution in [3.8, 4) is 0 Å². The number of unbranched alkanes of at least 4 members (excludes halogenated alkanes) is 11. The molecule has 0 aromatic heterocycles. The Balaban J connectivity index is 2.28. The molecule has 8 nitrogen and oxygen atoms in total. The minimum atomic E-state index is -0.671. The van der Waals surface area contributed by atoms with Crippen molar-refractivity contribution in [1.82, 2.24) is 4.90 Å². The largest absolute Gasteiger partial charge is 0.466 e. The van der Waals surface area contributed by atoms with Crippen molar-refractivity contribution in [3.63, 3.8) is 0 Å². The summed E-state index contributed by atoms with van der Waals surface area (Å²) in [4.78, 5) is 31.4. The van der Waals surface area contributed by atoms with Gasteiger partial charge in [0.1, 0.15) is 11.9 Å². The lowest BCUT2D eigenvalue weighted by atomic mass is 10.00. The normalized spacial score (nSPS) is 14.4. The monoisotopic (exact) mass is 731 g/mol. The molecule has 0 aromatic rings. The minimum absolute atomic E-state index is 0.0530. The van der Waals surface area contributed by atoms with Crippen molar-refractivity contribution in [2.45, 2.75) is 195 Å². The van der Waals surface area contributed by atoms with Crippen LogP contribution < -0.4 is 0 Å². The average Bonchev–Trinajstić information content (AvgIpc) is 3.09. The molecule has 3 unspecified atom stereocenters.